The van der Waals surface area contributed by atoms with E-state index >= 15 is 0 Å². The van der Waals surface area contributed by atoms with Gasteiger partial charge in [-0.3, -0.25) is 19.7 Å². The van der Waals surface area contributed by atoms with Gasteiger partial charge in [-0.25, -0.2) is 4.39 Å². The topological polar surface area (TPSA) is 76.8 Å². The number of aromatic nitrogens is 1. The number of rotatable bonds is 5. The number of pyridine rings is 1. The number of benzene rings is 2. The van der Waals surface area contributed by atoms with Crippen LogP contribution in [0.3, 0.4) is 0 Å². The molecule has 8 heteroatoms. The van der Waals surface area contributed by atoms with Crippen LogP contribution in [0.5, 0.6) is 0 Å². The van der Waals surface area contributed by atoms with Crippen LogP contribution in [-0.4, -0.2) is 58.0 Å². The zero-order valence-electron chi connectivity index (χ0n) is 21.5. The Labute approximate surface area is 221 Å². The van der Waals surface area contributed by atoms with Gasteiger partial charge >= 0.3 is 0 Å². The van der Waals surface area contributed by atoms with Crippen LogP contribution in [0.2, 0.25) is 0 Å². The average molecular weight is 518 g/mol. The highest BCUT2D eigenvalue weighted by Crippen LogP contribution is 2.37. The molecule has 198 valence electrons. The number of carbonyl (C=O) groups excluding carboxylic acids is 2. The van der Waals surface area contributed by atoms with Crippen LogP contribution >= 0.6 is 0 Å². The van der Waals surface area contributed by atoms with Crippen LogP contribution in [0.4, 0.5) is 4.39 Å². The van der Waals surface area contributed by atoms with Gasteiger partial charge in [0.05, 0.1) is 5.56 Å². The van der Waals surface area contributed by atoms with Crippen molar-refractivity contribution in [3.05, 3.63) is 77.4 Å². The SMILES string of the molecule is O=C(NC1CC2CCC(C1)N2Cc1ccc2cc(F)ccc2c1)c1cc[n+](O)cc1C(=O)N1CCCCC1. The second-order valence-electron chi connectivity index (χ2n) is 11.0. The molecule has 4 heterocycles. The second kappa shape index (κ2) is 10.3. The van der Waals surface area contributed by atoms with E-state index in [0.29, 0.717) is 30.7 Å². The maximum absolute atomic E-state index is 13.6. The number of nitrogens with one attached hydrogen (secondary N) is 1. The molecule has 2 N–H and O–H groups in total. The van der Waals surface area contributed by atoms with Gasteiger partial charge in [0.2, 0.25) is 12.4 Å². The summed E-state index contributed by atoms with van der Waals surface area (Å²) in [6.45, 7) is 2.19. The Bertz CT molecular complexity index is 1360. The van der Waals surface area contributed by atoms with E-state index < -0.39 is 0 Å². The van der Waals surface area contributed by atoms with E-state index in [1.807, 2.05) is 12.1 Å². The summed E-state index contributed by atoms with van der Waals surface area (Å²) < 4.78 is 14.4. The highest BCUT2D eigenvalue weighted by Gasteiger charge is 2.41. The smallest absolute Gasteiger partial charge is 0.260 e. The maximum Gasteiger partial charge on any atom is 0.260 e. The molecule has 38 heavy (non-hydrogen) atoms. The van der Waals surface area contributed by atoms with Gasteiger partial charge in [0.25, 0.3) is 11.8 Å². The number of hydrogen-bond acceptors (Lipinski definition) is 4. The van der Waals surface area contributed by atoms with E-state index in [1.165, 1.54) is 30.1 Å². The van der Waals surface area contributed by atoms with Crippen LogP contribution in [0.25, 0.3) is 10.8 Å². The van der Waals surface area contributed by atoms with Crippen LogP contribution in [0.1, 0.15) is 71.2 Å². The largest absolute Gasteiger partial charge is 0.349 e. The maximum atomic E-state index is 13.6. The van der Waals surface area contributed by atoms with Crippen molar-refractivity contribution in [2.75, 3.05) is 13.1 Å². The van der Waals surface area contributed by atoms with Crippen LogP contribution < -0.4 is 10.0 Å². The number of nitrogens with zero attached hydrogens (tertiary/aromatic N) is 3. The lowest BCUT2D eigenvalue weighted by Gasteiger charge is -2.39. The summed E-state index contributed by atoms with van der Waals surface area (Å²) >= 11 is 0. The Morgan fingerprint density at radius 2 is 1.66 bits per heavy atom. The van der Waals surface area contributed by atoms with Gasteiger partial charge in [-0.1, -0.05) is 18.2 Å². The lowest BCUT2D eigenvalue weighted by Crippen LogP contribution is -2.50. The van der Waals surface area contributed by atoms with Crippen molar-refractivity contribution in [2.24, 2.45) is 0 Å². The molecule has 3 aromatic rings. The third-order valence-corrected chi connectivity index (χ3v) is 8.52. The summed E-state index contributed by atoms with van der Waals surface area (Å²) in [5.41, 5.74) is 1.77. The number of hydrogen-bond donors (Lipinski definition) is 2. The quantitative estimate of drug-likeness (QED) is 0.396. The fraction of sp³-hybridized carbons (Fsp3) is 0.433. The van der Waals surface area contributed by atoms with E-state index in [0.717, 1.165) is 67.0 Å². The molecule has 2 amide bonds. The van der Waals surface area contributed by atoms with E-state index in [4.69, 9.17) is 0 Å². The standard InChI is InChI=1S/C30H33FN4O3/c31-23-7-6-21-14-20(4-5-22(21)15-23)18-35-25-8-9-26(35)17-24(16-25)32-29(36)27-10-13-34(38)19-28(27)30(37)33-11-2-1-3-12-33/h4-7,10,13-15,19,24-26H,1-3,8-9,11-12,16-18H2,(H-,32,36,38)/p+1. The highest BCUT2D eigenvalue weighted by molar-refractivity contribution is 6.06. The molecular weight excluding hydrogens is 483 g/mol. The number of fused-ring (bicyclic) bond motifs is 3. The second-order valence-corrected chi connectivity index (χ2v) is 11.0. The first-order valence-corrected chi connectivity index (χ1v) is 13.7. The number of amides is 2. The predicted octanol–water partition coefficient (Wildman–Crippen LogP) is 4.06. The summed E-state index contributed by atoms with van der Waals surface area (Å²) in [6, 6.07) is 13.4. The first-order chi connectivity index (χ1) is 18.4. The summed E-state index contributed by atoms with van der Waals surface area (Å²) in [5.74, 6) is -0.682. The molecule has 2 unspecified atom stereocenters. The molecule has 3 aliphatic heterocycles. The molecule has 0 aliphatic carbocycles. The minimum Gasteiger partial charge on any atom is -0.349 e. The molecule has 3 aliphatic rings. The average Bonchev–Trinajstić information content (AvgIpc) is 3.15. The molecule has 0 saturated carbocycles. The number of likely N-dealkylation sites (tertiary alicyclic amines) is 1. The van der Waals surface area contributed by atoms with Gasteiger partial charge < -0.3 is 10.2 Å². The van der Waals surface area contributed by atoms with Crippen molar-refractivity contribution < 1.29 is 23.9 Å². The monoisotopic (exact) mass is 517 g/mol. The zero-order valence-corrected chi connectivity index (χ0v) is 21.5. The Kier molecular flexibility index (Phi) is 6.74. The Balaban J connectivity index is 1.13. The molecule has 3 saturated heterocycles. The fourth-order valence-electron chi connectivity index (χ4n) is 6.61. The van der Waals surface area contributed by atoms with Crippen LogP contribution in [0, 0.1) is 5.82 Å². The van der Waals surface area contributed by atoms with Crippen LogP contribution in [-0.2, 0) is 6.54 Å². The van der Waals surface area contributed by atoms with E-state index in [-0.39, 0.29) is 29.2 Å². The molecule has 1 aromatic heterocycles. The summed E-state index contributed by atoms with van der Waals surface area (Å²) in [5, 5.41) is 15.1. The van der Waals surface area contributed by atoms with Gasteiger partial charge in [0.1, 0.15) is 11.4 Å². The van der Waals surface area contributed by atoms with Crippen molar-refractivity contribution in [3.8, 4) is 0 Å². The predicted molar refractivity (Wildman–Crippen MR) is 140 cm³/mol. The lowest BCUT2D eigenvalue weighted by molar-refractivity contribution is -0.904. The van der Waals surface area contributed by atoms with Crippen molar-refractivity contribution >= 4 is 22.6 Å². The summed E-state index contributed by atoms with van der Waals surface area (Å²) in [7, 11) is 0. The van der Waals surface area contributed by atoms with Gasteiger partial charge in [-0.15, -0.1) is 0 Å². The van der Waals surface area contributed by atoms with Gasteiger partial charge in [0, 0.05) is 48.6 Å². The molecule has 2 aromatic carbocycles. The molecule has 3 fully saturated rings. The van der Waals surface area contributed by atoms with Gasteiger partial charge in [-0.2, -0.15) is 0 Å². The van der Waals surface area contributed by atoms with E-state index in [2.05, 4.69) is 22.3 Å². The normalized spacial score (nSPS) is 23.5. The Hall–Kier alpha value is -3.52. The molecule has 0 radical (unpaired) electrons. The van der Waals surface area contributed by atoms with Crippen molar-refractivity contribution in [1.29, 1.82) is 0 Å². The molecule has 6 rings (SSSR count). The van der Waals surface area contributed by atoms with Gasteiger partial charge in [-0.05, 0) is 79.5 Å². The van der Waals surface area contributed by atoms with Crippen molar-refractivity contribution in [1.82, 2.24) is 15.1 Å². The number of piperidine rings is 2. The lowest BCUT2D eigenvalue weighted by atomic mass is 9.95. The highest BCUT2D eigenvalue weighted by atomic mass is 19.1. The first-order valence-electron chi connectivity index (χ1n) is 13.7. The molecule has 2 atom stereocenters. The Morgan fingerprint density at radius 3 is 2.42 bits per heavy atom. The first kappa shape index (κ1) is 24.8. The van der Waals surface area contributed by atoms with E-state index in [1.54, 1.807) is 11.0 Å². The van der Waals surface area contributed by atoms with Crippen LogP contribution in [0.15, 0.2) is 54.9 Å². The minimum atomic E-state index is -0.259. The van der Waals surface area contributed by atoms with Gasteiger partial charge in [0.15, 0.2) is 0 Å². The summed E-state index contributed by atoms with van der Waals surface area (Å²) in [4.78, 5) is 30.9. The molecular formula is C30H34FN4O3+. The zero-order chi connectivity index (χ0) is 26.2. The molecule has 7 nitrogen and oxygen atoms in total. The third kappa shape index (κ3) is 4.97. The minimum absolute atomic E-state index is 0.0372. The van der Waals surface area contributed by atoms with Crippen molar-refractivity contribution in [2.45, 2.75) is 69.6 Å². The number of halogens is 1. The molecule has 0 spiro atoms. The Morgan fingerprint density at radius 1 is 0.947 bits per heavy atom. The van der Waals surface area contributed by atoms with E-state index in [9.17, 15) is 19.2 Å². The molecule has 2 bridgehead atoms. The fourth-order valence-corrected chi connectivity index (χ4v) is 6.61. The third-order valence-electron chi connectivity index (χ3n) is 8.52. The van der Waals surface area contributed by atoms with Crippen molar-refractivity contribution in [3.63, 3.8) is 0 Å². The number of carbonyl (C=O) groups is 2. The summed E-state index contributed by atoms with van der Waals surface area (Å²) in [6.07, 6.45) is 9.69.